The zero-order valence-electron chi connectivity index (χ0n) is 12.3. The second-order valence-electron chi connectivity index (χ2n) is 5.03. The molecule has 0 saturated heterocycles. The molecule has 5 nitrogen and oxygen atoms in total. The summed E-state index contributed by atoms with van der Waals surface area (Å²) in [6.07, 6.45) is 1.01. The van der Waals surface area contributed by atoms with E-state index in [0.717, 1.165) is 41.0 Å². The largest absolute Gasteiger partial charge is 0.368 e. The van der Waals surface area contributed by atoms with Crippen LogP contribution in [0.1, 0.15) is 12.0 Å². The number of nitrogens with zero attached hydrogens (tertiary/aromatic N) is 4. The van der Waals surface area contributed by atoms with Crippen molar-refractivity contribution in [1.29, 1.82) is 0 Å². The Morgan fingerprint density at radius 1 is 1.29 bits per heavy atom. The molecule has 0 aliphatic heterocycles. The second-order valence-corrected chi connectivity index (χ2v) is 6.38. The topological polar surface area (TPSA) is 60.0 Å². The van der Waals surface area contributed by atoms with Crippen molar-refractivity contribution in [2.24, 2.45) is 0 Å². The highest BCUT2D eigenvalue weighted by molar-refractivity contribution is 7.98. The van der Waals surface area contributed by atoms with Crippen LogP contribution in [-0.4, -0.2) is 40.3 Å². The Morgan fingerprint density at radius 2 is 2.05 bits per heavy atom. The molecule has 2 rings (SSSR count). The fraction of sp³-hybridized carbons (Fsp3) is 0.429. The number of aromatic nitrogens is 3. The maximum atomic E-state index is 6.17. The molecule has 2 aromatic rings. The predicted molar refractivity (Wildman–Crippen MR) is 88.6 cm³/mol. The maximum Gasteiger partial charge on any atom is 0.222 e. The van der Waals surface area contributed by atoms with Gasteiger partial charge in [-0.1, -0.05) is 41.6 Å². The van der Waals surface area contributed by atoms with Crippen molar-refractivity contribution in [3.8, 4) is 0 Å². The standard InChI is InChI=1S/C14H20ClN5S/c1-19(2)8-5-9-20-13(16)17-18-14(20)21-10-11-6-3-4-7-12(11)15/h3-4,6-7H,5,8-10H2,1-2H3,(H2,16,17). The van der Waals surface area contributed by atoms with Crippen molar-refractivity contribution in [1.82, 2.24) is 19.7 Å². The van der Waals surface area contributed by atoms with E-state index in [0.29, 0.717) is 5.95 Å². The molecule has 0 radical (unpaired) electrons. The quantitative estimate of drug-likeness (QED) is 0.793. The van der Waals surface area contributed by atoms with Crippen LogP contribution in [0.15, 0.2) is 29.4 Å². The summed E-state index contributed by atoms with van der Waals surface area (Å²) in [4.78, 5) is 2.15. The Balaban J connectivity index is 1.99. The number of hydrogen-bond donors (Lipinski definition) is 1. The van der Waals surface area contributed by atoms with Crippen LogP contribution in [-0.2, 0) is 12.3 Å². The van der Waals surface area contributed by atoms with E-state index in [1.807, 2.05) is 28.8 Å². The maximum absolute atomic E-state index is 6.17. The Bertz CT molecular complexity index is 584. The Kier molecular flexibility index (Phi) is 5.90. The van der Waals surface area contributed by atoms with Crippen molar-refractivity contribution in [2.75, 3.05) is 26.4 Å². The lowest BCUT2D eigenvalue weighted by Gasteiger charge is -2.11. The first-order valence-corrected chi connectivity index (χ1v) is 8.14. The van der Waals surface area contributed by atoms with Crippen molar-refractivity contribution in [3.63, 3.8) is 0 Å². The summed E-state index contributed by atoms with van der Waals surface area (Å²) in [5, 5.41) is 9.74. The minimum absolute atomic E-state index is 0.468. The first kappa shape index (κ1) is 16.1. The summed E-state index contributed by atoms with van der Waals surface area (Å²) < 4.78 is 1.96. The third kappa shape index (κ3) is 4.62. The van der Waals surface area contributed by atoms with E-state index >= 15 is 0 Å². The zero-order valence-corrected chi connectivity index (χ0v) is 13.9. The number of nitrogens with two attached hydrogens (primary N) is 1. The van der Waals surface area contributed by atoms with Crippen molar-refractivity contribution >= 4 is 29.3 Å². The van der Waals surface area contributed by atoms with E-state index in [2.05, 4.69) is 29.2 Å². The number of nitrogen functional groups attached to an aromatic ring is 1. The molecular weight excluding hydrogens is 306 g/mol. The molecule has 0 unspecified atom stereocenters. The van der Waals surface area contributed by atoms with Gasteiger partial charge in [0.2, 0.25) is 5.95 Å². The van der Waals surface area contributed by atoms with E-state index in [1.165, 1.54) is 0 Å². The predicted octanol–water partition coefficient (Wildman–Crippen LogP) is 2.76. The molecule has 21 heavy (non-hydrogen) atoms. The molecular formula is C14H20ClN5S. The summed E-state index contributed by atoms with van der Waals surface area (Å²) in [5.74, 6) is 1.22. The highest BCUT2D eigenvalue weighted by atomic mass is 35.5. The Labute approximate surface area is 134 Å². The third-order valence-electron chi connectivity index (χ3n) is 3.05. The summed E-state index contributed by atoms with van der Waals surface area (Å²) >= 11 is 7.77. The van der Waals surface area contributed by atoms with Gasteiger partial charge in [-0.2, -0.15) is 0 Å². The first-order valence-electron chi connectivity index (χ1n) is 6.77. The molecule has 0 amide bonds. The molecule has 1 heterocycles. The molecule has 0 aliphatic carbocycles. The number of benzene rings is 1. The molecule has 2 N–H and O–H groups in total. The molecule has 0 spiro atoms. The van der Waals surface area contributed by atoms with E-state index < -0.39 is 0 Å². The van der Waals surface area contributed by atoms with Gasteiger partial charge >= 0.3 is 0 Å². The summed E-state index contributed by atoms with van der Waals surface area (Å²) in [7, 11) is 4.12. The normalized spacial score (nSPS) is 11.2. The minimum atomic E-state index is 0.468. The highest BCUT2D eigenvalue weighted by Gasteiger charge is 2.11. The van der Waals surface area contributed by atoms with Gasteiger partial charge < -0.3 is 10.6 Å². The number of halogens is 1. The number of thioether (sulfide) groups is 1. The average Bonchev–Trinajstić information content (AvgIpc) is 2.79. The van der Waals surface area contributed by atoms with Crippen LogP contribution in [0.4, 0.5) is 5.95 Å². The van der Waals surface area contributed by atoms with Gasteiger partial charge in [0.15, 0.2) is 5.16 Å². The average molecular weight is 326 g/mol. The molecule has 0 atom stereocenters. The molecule has 0 bridgehead atoms. The van der Waals surface area contributed by atoms with Gasteiger partial charge in [-0.25, -0.2) is 0 Å². The molecule has 1 aromatic carbocycles. The molecule has 7 heteroatoms. The minimum Gasteiger partial charge on any atom is -0.368 e. The smallest absolute Gasteiger partial charge is 0.222 e. The summed E-state index contributed by atoms with van der Waals surface area (Å²) in [6, 6.07) is 7.83. The van der Waals surface area contributed by atoms with Crippen molar-refractivity contribution in [3.05, 3.63) is 34.9 Å². The highest BCUT2D eigenvalue weighted by Crippen LogP contribution is 2.26. The second kappa shape index (κ2) is 7.68. The van der Waals surface area contributed by atoms with Crippen LogP contribution in [0.5, 0.6) is 0 Å². The van der Waals surface area contributed by atoms with Gasteiger partial charge in [0, 0.05) is 17.3 Å². The number of hydrogen-bond acceptors (Lipinski definition) is 5. The third-order valence-corrected chi connectivity index (χ3v) is 4.43. The molecule has 0 aliphatic rings. The lowest BCUT2D eigenvalue weighted by molar-refractivity contribution is 0.383. The van der Waals surface area contributed by atoms with Crippen LogP contribution in [0.3, 0.4) is 0 Å². The number of anilines is 1. The molecule has 114 valence electrons. The monoisotopic (exact) mass is 325 g/mol. The van der Waals surface area contributed by atoms with Gasteiger partial charge in [0.1, 0.15) is 0 Å². The van der Waals surface area contributed by atoms with Gasteiger partial charge in [-0.15, -0.1) is 10.2 Å². The summed E-state index contributed by atoms with van der Waals surface area (Å²) in [5.41, 5.74) is 6.98. The van der Waals surface area contributed by atoms with Crippen molar-refractivity contribution < 1.29 is 0 Å². The van der Waals surface area contributed by atoms with Gasteiger partial charge in [0.05, 0.1) is 0 Å². The molecule has 0 saturated carbocycles. The van der Waals surface area contributed by atoms with Gasteiger partial charge in [-0.05, 0) is 38.7 Å². The Morgan fingerprint density at radius 3 is 2.76 bits per heavy atom. The summed E-state index contributed by atoms with van der Waals surface area (Å²) in [6.45, 7) is 1.83. The van der Waals surface area contributed by atoms with E-state index in [9.17, 15) is 0 Å². The van der Waals surface area contributed by atoms with Crippen LogP contribution in [0.2, 0.25) is 5.02 Å². The fourth-order valence-electron chi connectivity index (χ4n) is 1.92. The Hall–Kier alpha value is -1.24. The number of rotatable bonds is 7. The van der Waals surface area contributed by atoms with Crippen LogP contribution in [0, 0.1) is 0 Å². The van der Waals surface area contributed by atoms with E-state index in [-0.39, 0.29) is 0 Å². The van der Waals surface area contributed by atoms with E-state index in [1.54, 1.807) is 11.8 Å². The zero-order chi connectivity index (χ0) is 15.2. The lowest BCUT2D eigenvalue weighted by Crippen LogP contribution is -2.16. The SMILES string of the molecule is CN(C)CCCn1c(N)nnc1SCc1ccccc1Cl. The fourth-order valence-corrected chi connectivity index (χ4v) is 3.18. The first-order chi connectivity index (χ1) is 10.1. The van der Waals surface area contributed by atoms with Crippen LogP contribution >= 0.6 is 23.4 Å². The van der Waals surface area contributed by atoms with Crippen LogP contribution in [0.25, 0.3) is 0 Å². The molecule has 0 fully saturated rings. The lowest BCUT2D eigenvalue weighted by atomic mass is 10.2. The van der Waals surface area contributed by atoms with Crippen molar-refractivity contribution in [2.45, 2.75) is 23.9 Å². The van der Waals surface area contributed by atoms with Gasteiger partial charge in [-0.3, -0.25) is 4.57 Å². The molecule has 1 aromatic heterocycles. The van der Waals surface area contributed by atoms with Crippen LogP contribution < -0.4 is 5.73 Å². The van der Waals surface area contributed by atoms with E-state index in [4.69, 9.17) is 17.3 Å². The van der Waals surface area contributed by atoms with Gasteiger partial charge in [0.25, 0.3) is 0 Å².